The van der Waals surface area contributed by atoms with Gasteiger partial charge in [-0.15, -0.1) is 0 Å². The highest BCUT2D eigenvalue weighted by Gasteiger charge is 2.10. The van der Waals surface area contributed by atoms with Gasteiger partial charge in [0.2, 0.25) is 0 Å². The number of fused-ring (bicyclic) bond motifs is 1. The van der Waals surface area contributed by atoms with Crippen molar-refractivity contribution in [2.75, 3.05) is 0 Å². The van der Waals surface area contributed by atoms with Gasteiger partial charge in [-0.1, -0.05) is 18.2 Å². The second kappa shape index (κ2) is 4.87. The van der Waals surface area contributed by atoms with Crippen molar-refractivity contribution >= 4 is 6.08 Å². The number of hydrogen-bond donors (Lipinski definition) is 1. The zero-order chi connectivity index (χ0) is 13.1. The summed E-state index contributed by atoms with van der Waals surface area (Å²) in [6.45, 7) is 0.807. The molecule has 0 radical (unpaired) electrons. The lowest BCUT2D eigenvalue weighted by Gasteiger charge is -2.16. The van der Waals surface area contributed by atoms with Crippen molar-refractivity contribution in [2.45, 2.75) is 6.54 Å². The molecule has 0 fully saturated rings. The highest BCUT2D eigenvalue weighted by atomic mass is 16.5. The molecule has 0 aliphatic carbocycles. The first-order chi connectivity index (χ1) is 9.36. The van der Waals surface area contributed by atoms with Crippen molar-refractivity contribution in [3.63, 3.8) is 0 Å². The molecule has 0 saturated carbocycles. The zero-order valence-corrected chi connectivity index (χ0v) is 10.3. The Labute approximate surface area is 111 Å². The quantitative estimate of drug-likeness (QED) is 0.885. The third-order valence-corrected chi connectivity index (χ3v) is 3.01. The number of hydrogen-bond acceptors (Lipinski definition) is 3. The predicted molar refractivity (Wildman–Crippen MR) is 73.5 cm³/mol. The first kappa shape index (κ1) is 11.4. The van der Waals surface area contributed by atoms with E-state index in [1.165, 1.54) is 5.56 Å². The summed E-state index contributed by atoms with van der Waals surface area (Å²) < 4.78 is 5.89. The minimum Gasteiger partial charge on any atom is -0.457 e. The lowest BCUT2D eigenvalue weighted by Crippen LogP contribution is -2.10. The molecule has 3 rings (SSSR count). The maximum atomic E-state index is 8.90. The lowest BCUT2D eigenvalue weighted by atomic mass is 10.0. The second-order valence-corrected chi connectivity index (χ2v) is 4.28. The van der Waals surface area contributed by atoms with Crippen LogP contribution in [0, 0.1) is 11.3 Å². The smallest absolute Gasteiger partial charge is 0.135 e. The molecule has 3 heteroatoms. The van der Waals surface area contributed by atoms with Gasteiger partial charge in [-0.2, -0.15) is 5.26 Å². The summed E-state index contributed by atoms with van der Waals surface area (Å²) in [6, 6.07) is 15.3. The Kier molecular flexibility index (Phi) is 2.91. The van der Waals surface area contributed by atoms with Crippen LogP contribution in [0.1, 0.15) is 16.7 Å². The van der Waals surface area contributed by atoms with E-state index in [-0.39, 0.29) is 0 Å². The van der Waals surface area contributed by atoms with Crippen LogP contribution in [0.3, 0.4) is 0 Å². The summed E-state index contributed by atoms with van der Waals surface area (Å²) in [6.07, 6.45) is 3.92. The van der Waals surface area contributed by atoms with Crippen molar-refractivity contribution in [1.29, 1.82) is 5.26 Å². The number of nitrogens with zero attached hydrogens (tertiary/aromatic N) is 1. The second-order valence-electron chi connectivity index (χ2n) is 4.28. The van der Waals surface area contributed by atoms with Gasteiger partial charge in [0.25, 0.3) is 0 Å². The Hall–Kier alpha value is -2.73. The van der Waals surface area contributed by atoms with E-state index in [0.29, 0.717) is 11.3 Å². The molecule has 3 nitrogen and oxygen atoms in total. The monoisotopic (exact) mass is 248 g/mol. The van der Waals surface area contributed by atoms with Gasteiger partial charge in [0.15, 0.2) is 0 Å². The summed E-state index contributed by atoms with van der Waals surface area (Å²) in [4.78, 5) is 0. The van der Waals surface area contributed by atoms with Crippen LogP contribution in [-0.2, 0) is 6.54 Å². The van der Waals surface area contributed by atoms with Crippen LogP contribution in [0.2, 0.25) is 0 Å². The maximum absolute atomic E-state index is 8.90. The number of ether oxygens (including phenoxy) is 1. The fraction of sp³-hybridized carbons (Fsp3) is 0.0625. The molecule has 0 atom stereocenters. The molecule has 0 aromatic heterocycles. The molecule has 0 bridgehead atoms. The van der Waals surface area contributed by atoms with Gasteiger partial charge in [-0.05, 0) is 42.1 Å². The molecule has 1 N–H and O–H groups in total. The van der Waals surface area contributed by atoms with Crippen molar-refractivity contribution < 1.29 is 4.74 Å². The number of rotatable bonds is 2. The summed E-state index contributed by atoms with van der Waals surface area (Å²) in [5, 5.41) is 12.1. The molecule has 92 valence electrons. The Balaban J connectivity index is 1.96. The predicted octanol–water partition coefficient (Wildman–Crippen LogP) is 3.42. The summed E-state index contributed by atoms with van der Waals surface area (Å²) in [7, 11) is 0. The highest BCUT2D eigenvalue weighted by molar-refractivity contribution is 5.63. The number of nitriles is 1. The van der Waals surface area contributed by atoms with Crippen LogP contribution in [0.15, 0.2) is 48.7 Å². The van der Waals surface area contributed by atoms with Crippen molar-refractivity contribution in [2.24, 2.45) is 0 Å². The number of nitrogens with one attached hydrogen (secondary N) is 1. The Morgan fingerprint density at radius 2 is 2.05 bits per heavy atom. The molecule has 1 aliphatic rings. The third-order valence-electron chi connectivity index (χ3n) is 3.01. The van der Waals surface area contributed by atoms with Gasteiger partial charge < -0.3 is 10.1 Å². The first-order valence-electron chi connectivity index (χ1n) is 6.07. The SMILES string of the molecule is N#Cc1cccc(Oc2cccc3c2C=CNC3)c1. The Morgan fingerprint density at radius 1 is 1.16 bits per heavy atom. The van der Waals surface area contributed by atoms with Gasteiger partial charge >= 0.3 is 0 Å². The van der Waals surface area contributed by atoms with E-state index in [1.807, 2.05) is 36.5 Å². The molecule has 1 aliphatic heterocycles. The van der Waals surface area contributed by atoms with Crippen LogP contribution in [0.25, 0.3) is 6.08 Å². The third kappa shape index (κ3) is 2.29. The summed E-state index contributed by atoms with van der Waals surface area (Å²) >= 11 is 0. The largest absolute Gasteiger partial charge is 0.457 e. The lowest BCUT2D eigenvalue weighted by molar-refractivity contribution is 0.480. The molecular weight excluding hydrogens is 236 g/mol. The number of benzene rings is 2. The topological polar surface area (TPSA) is 45.0 Å². The fourth-order valence-corrected chi connectivity index (χ4v) is 2.09. The minimum atomic E-state index is 0.597. The maximum Gasteiger partial charge on any atom is 0.135 e. The van der Waals surface area contributed by atoms with Crippen LogP contribution in [-0.4, -0.2) is 0 Å². The van der Waals surface area contributed by atoms with Crippen molar-refractivity contribution in [3.8, 4) is 17.6 Å². The Morgan fingerprint density at radius 3 is 2.95 bits per heavy atom. The van der Waals surface area contributed by atoms with Gasteiger partial charge in [0.05, 0.1) is 11.6 Å². The van der Waals surface area contributed by atoms with E-state index >= 15 is 0 Å². The summed E-state index contributed by atoms with van der Waals surface area (Å²) in [5.41, 5.74) is 2.89. The minimum absolute atomic E-state index is 0.597. The van der Waals surface area contributed by atoms with Gasteiger partial charge in [-0.3, -0.25) is 0 Å². The molecule has 1 heterocycles. The zero-order valence-electron chi connectivity index (χ0n) is 10.3. The molecule has 2 aromatic carbocycles. The van der Waals surface area contributed by atoms with E-state index in [1.54, 1.807) is 12.1 Å². The van der Waals surface area contributed by atoms with Gasteiger partial charge in [0.1, 0.15) is 11.5 Å². The average Bonchev–Trinajstić information content (AvgIpc) is 2.48. The Bertz CT molecular complexity index is 683. The van der Waals surface area contributed by atoms with Crippen LogP contribution >= 0.6 is 0 Å². The average molecular weight is 248 g/mol. The van der Waals surface area contributed by atoms with E-state index in [2.05, 4.69) is 17.5 Å². The van der Waals surface area contributed by atoms with E-state index in [9.17, 15) is 0 Å². The fourth-order valence-electron chi connectivity index (χ4n) is 2.09. The summed E-state index contributed by atoms with van der Waals surface area (Å²) in [5.74, 6) is 1.49. The van der Waals surface area contributed by atoms with E-state index in [4.69, 9.17) is 10.00 Å². The van der Waals surface area contributed by atoms with Gasteiger partial charge in [-0.25, -0.2) is 0 Å². The van der Waals surface area contributed by atoms with Crippen LogP contribution in [0.4, 0.5) is 0 Å². The van der Waals surface area contributed by atoms with Crippen molar-refractivity contribution in [1.82, 2.24) is 5.32 Å². The van der Waals surface area contributed by atoms with Crippen LogP contribution in [0.5, 0.6) is 11.5 Å². The first-order valence-corrected chi connectivity index (χ1v) is 6.07. The normalized spacial score (nSPS) is 12.2. The molecular formula is C16H12N2O. The molecule has 19 heavy (non-hydrogen) atoms. The molecule has 0 amide bonds. The van der Waals surface area contributed by atoms with E-state index < -0.39 is 0 Å². The molecule has 0 saturated heterocycles. The molecule has 0 spiro atoms. The van der Waals surface area contributed by atoms with Gasteiger partial charge in [0, 0.05) is 12.1 Å². The van der Waals surface area contributed by atoms with E-state index in [0.717, 1.165) is 17.9 Å². The molecule has 0 unspecified atom stereocenters. The standard InChI is InChI=1S/C16H12N2O/c17-10-12-3-1-5-14(9-12)19-16-6-2-4-13-11-18-8-7-15(13)16/h1-9,18H,11H2. The highest BCUT2D eigenvalue weighted by Crippen LogP contribution is 2.30. The van der Waals surface area contributed by atoms with Crippen LogP contribution < -0.4 is 10.1 Å². The van der Waals surface area contributed by atoms with Crippen molar-refractivity contribution in [3.05, 3.63) is 65.4 Å². The molecule has 2 aromatic rings.